The summed E-state index contributed by atoms with van der Waals surface area (Å²) in [6.45, 7) is 6.82. The molecule has 0 bridgehead atoms. The molecule has 6 nitrogen and oxygen atoms in total. The molecule has 3 heterocycles. The van der Waals surface area contributed by atoms with Gasteiger partial charge in [-0.3, -0.25) is 10.4 Å². The standard InChI is InChI=1S/C25H24FN5O.C2H6/c1-17-15-30(16-28-17)23-10-5-18(13-24(23)32-2)12-20-4-3-11-31-25(20)27-14-22(29-31)19-6-8-21(26)9-7-19;1-2/h5-10,12-16,29H,3-4,11H2,1-2H3;1-2H3/b20-12+;. The summed E-state index contributed by atoms with van der Waals surface area (Å²) in [6.07, 6.45) is 9.69. The van der Waals surface area contributed by atoms with Crippen molar-refractivity contribution < 1.29 is 9.13 Å². The van der Waals surface area contributed by atoms with E-state index in [0.717, 1.165) is 64.7 Å². The highest BCUT2D eigenvalue weighted by molar-refractivity contribution is 6.04. The second-order valence-electron chi connectivity index (χ2n) is 7.89. The molecule has 0 radical (unpaired) electrons. The van der Waals surface area contributed by atoms with Gasteiger partial charge in [0.25, 0.3) is 0 Å². The lowest BCUT2D eigenvalue weighted by molar-refractivity contribution is 0.340. The SMILES string of the molecule is CC.COc1cc(/C=C2\CCCN3NC(c4ccc(F)cc4)=CN=C23)ccc1-n1cnc(C)c1. The predicted octanol–water partition coefficient (Wildman–Crippen LogP) is 5.75. The van der Waals surface area contributed by atoms with E-state index in [0.29, 0.717) is 0 Å². The number of halogens is 1. The Hall–Kier alpha value is -3.87. The molecule has 176 valence electrons. The van der Waals surface area contributed by atoms with E-state index in [1.807, 2.05) is 49.9 Å². The normalized spacial score (nSPS) is 16.0. The summed E-state index contributed by atoms with van der Waals surface area (Å²) >= 11 is 0. The van der Waals surface area contributed by atoms with Crippen LogP contribution in [0.25, 0.3) is 17.5 Å². The maximum atomic E-state index is 13.3. The van der Waals surface area contributed by atoms with Gasteiger partial charge >= 0.3 is 0 Å². The summed E-state index contributed by atoms with van der Waals surface area (Å²) in [6, 6.07) is 12.6. The van der Waals surface area contributed by atoms with Gasteiger partial charge in [0.15, 0.2) is 0 Å². The average Bonchev–Trinajstić information content (AvgIpc) is 3.31. The van der Waals surface area contributed by atoms with Crippen molar-refractivity contribution in [2.75, 3.05) is 13.7 Å². The van der Waals surface area contributed by atoms with Crippen LogP contribution < -0.4 is 10.2 Å². The van der Waals surface area contributed by atoms with Gasteiger partial charge in [-0.2, -0.15) is 0 Å². The second kappa shape index (κ2) is 10.4. The minimum atomic E-state index is -0.248. The maximum Gasteiger partial charge on any atom is 0.150 e. The number of fused-ring (bicyclic) bond motifs is 1. The molecular formula is C27H30FN5O. The van der Waals surface area contributed by atoms with Crippen molar-refractivity contribution in [2.45, 2.75) is 33.6 Å². The third-order valence-electron chi connectivity index (χ3n) is 5.63. The van der Waals surface area contributed by atoms with Crippen molar-refractivity contribution in [2.24, 2.45) is 4.99 Å². The summed E-state index contributed by atoms with van der Waals surface area (Å²) in [5.41, 5.74) is 9.30. The lowest BCUT2D eigenvalue weighted by Crippen LogP contribution is -2.47. The van der Waals surface area contributed by atoms with Gasteiger partial charge in [-0.15, -0.1) is 0 Å². The summed E-state index contributed by atoms with van der Waals surface area (Å²) in [4.78, 5) is 9.04. The van der Waals surface area contributed by atoms with Crippen LogP contribution in [0.1, 0.15) is 43.5 Å². The number of aromatic nitrogens is 2. The quantitative estimate of drug-likeness (QED) is 0.540. The number of piperidine rings is 1. The fourth-order valence-electron chi connectivity index (χ4n) is 4.04. The fourth-order valence-corrected chi connectivity index (χ4v) is 4.04. The maximum absolute atomic E-state index is 13.3. The van der Waals surface area contributed by atoms with Crippen LogP contribution in [0.3, 0.4) is 0 Å². The van der Waals surface area contributed by atoms with E-state index in [4.69, 9.17) is 9.73 Å². The van der Waals surface area contributed by atoms with Gasteiger partial charge in [-0.05, 0) is 73.4 Å². The largest absolute Gasteiger partial charge is 0.495 e. The number of hydrogen-bond donors (Lipinski definition) is 1. The van der Waals surface area contributed by atoms with Crippen LogP contribution in [-0.2, 0) is 0 Å². The molecule has 0 saturated carbocycles. The van der Waals surface area contributed by atoms with Crippen LogP contribution >= 0.6 is 0 Å². The number of ether oxygens (including phenoxy) is 1. The monoisotopic (exact) mass is 459 g/mol. The predicted molar refractivity (Wildman–Crippen MR) is 135 cm³/mol. The van der Waals surface area contributed by atoms with E-state index in [1.165, 1.54) is 12.1 Å². The molecule has 2 aliphatic heterocycles. The van der Waals surface area contributed by atoms with Crippen LogP contribution in [0.2, 0.25) is 0 Å². The lowest BCUT2D eigenvalue weighted by Gasteiger charge is -2.35. The Labute approximate surface area is 200 Å². The lowest BCUT2D eigenvalue weighted by atomic mass is 10.0. The number of nitrogens with zero attached hydrogens (tertiary/aromatic N) is 4. The highest BCUT2D eigenvalue weighted by atomic mass is 19.1. The Morgan fingerprint density at radius 2 is 1.91 bits per heavy atom. The summed E-state index contributed by atoms with van der Waals surface area (Å²) < 4.78 is 20.9. The van der Waals surface area contributed by atoms with Crippen LogP contribution in [0.4, 0.5) is 4.39 Å². The number of benzene rings is 2. The number of aliphatic imine (C=N–C) groups is 1. The third-order valence-corrected chi connectivity index (χ3v) is 5.63. The van der Waals surface area contributed by atoms with Gasteiger partial charge in [0.2, 0.25) is 0 Å². The van der Waals surface area contributed by atoms with E-state index >= 15 is 0 Å². The van der Waals surface area contributed by atoms with Gasteiger partial charge in [-0.25, -0.2) is 14.4 Å². The molecule has 0 unspecified atom stereocenters. The Balaban J connectivity index is 0.00000133. The molecule has 3 aromatic rings. The van der Waals surface area contributed by atoms with Crippen LogP contribution in [0.15, 0.2) is 71.8 Å². The van der Waals surface area contributed by atoms with E-state index in [2.05, 4.69) is 27.6 Å². The Kier molecular flexibility index (Phi) is 7.11. The first-order chi connectivity index (χ1) is 16.6. The molecule has 0 aliphatic carbocycles. The Bertz CT molecular complexity index is 1240. The Morgan fingerprint density at radius 1 is 1.12 bits per heavy atom. The molecule has 1 aromatic heterocycles. The number of amidine groups is 1. The van der Waals surface area contributed by atoms with Crippen LogP contribution in [0.5, 0.6) is 5.75 Å². The van der Waals surface area contributed by atoms with Crippen molar-refractivity contribution in [3.8, 4) is 11.4 Å². The number of aryl methyl sites for hydroxylation is 1. The van der Waals surface area contributed by atoms with E-state index in [-0.39, 0.29) is 5.82 Å². The summed E-state index contributed by atoms with van der Waals surface area (Å²) in [5.74, 6) is 1.45. The smallest absolute Gasteiger partial charge is 0.150 e. The highest BCUT2D eigenvalue weighted by Gasteiger charge is 2.24. The Morgan fingerprint density at radius 3 is 2.62 bits per heavy atom. The zero-order valence-electron chi connectivity index (χ0n) is 20.0. The van der Waals surface area contributed by atoms with Crippen molar-refractivity contribution in [3.05, 3.63) is 89.4 Å². The second-order valence-corrected chi connectivity index (χ2v) is 7.89. The van der Waals surface area contributed by atoms with Gasteiger partial charge in [-0.1, -0.05) is 19.9 Å². The zero-order chi connectivity index (χ0) is 24.1. The molecule has 1 fully saturated rings. The zero-order valence-corrected chi connectivity index (χ0v) is 20.0. The van der Waals surface area contributed by atoms with Crippen molar-refractivity contribution in [1.29, 1.82) is 0 Å². The molecule has 1 saturated heterocycles. The van der Waals surface area contributed by atoms with Gasteiger partial charge in [0, 0.05) is 18.3 Å². The van der Waals surface area contributed by atoms with Crippen LogP contribution in [-0.4, -0.2) is 34.1 Å². The molecule has 5 rings (SSSR count). The van der Waals surface area contributed by atoms with Crippen LogP contribution in [0, 0.1) is 12.7 Å². The molecule has 2 aliphatic rings. The molecule has 0 atom stereocenters. The van der Waals surface area contributed by atoms with Crippen molar-refractivity contribution in [1.82, 2.24) is 20.0 Å². The number of hydrogen-bond acceptors (Lipinski definition) is 5. The van der Waals surface area contributed by atoms with Crippen molar-refractivity contribution in [3.63, 3.8) is 0 Å². The number of imidazole rings is 1. The van der Waals surface area contributed by atoms with E-state index in [1.54, 1.807) is 25.6 Å². The van der Waals surface area contributed by atoms with Gasteiger partial charge in [0.05, 0.1) is 36.7 Å². The topological polar surface area (TPSA) is 54.7 Å². The molecule has 34 heavy (non-hydrogen) atoms. The molecule has 0 amide bonds. The molecule has 7 heteroatoms. The van der Waals surface area contributed by atoms with Gasteiger partial charge < -0.3 is 9.30 Å². The van der Waals surface area contributed by atoms with E-state index < -0.39 is 0 Å². The van der Waals surface area contributed by atoms with Crippen molar-refractivity contribution >= 4 is 17.6 Å². The minimum absolute atomic E-state index is 0.248. The van der Waals surface area contributed by atoms with Gasteiger partial charge in [0.1, 0.15) is 17.4 Å². The summed E-state index contributed by atoms with van der Waals surface area (Å²) in [7, 11) is 1.68. The molecular weight excluding hydrogens is 429 g/mol. The highest BCUT2D eigenvalue weighted by Crippen LogP contribution is 2.29. The van der Waals surface area contributed by atoms with E-state index in [9.17, 15) is 4.39 Å². The number of hydrazine groups is 1. The average molecular weight is 460 g/mol. The molecule has 2 aromatic carbocycles. The first kappa shape index (κ1) is 23.3. The third kappa shape index (κ3) is 4.88. The number of rotatable bonds is 4. The number of nitrogens with one attached hydrogen (secondary N) is 1. The number of methoxy groups -OCH3 is 1. The minimum Gasteiger partial charge on any atom is -0.495 e. The fraction of sp³-hybridized carbons (Fsp3) is 0.259. The summed E-state index contributed by atoms with van der Waals surface area (Å²) in [5, 5.41) is 2.06. The first-order valence-electron chi connectivity index (χ1n) is 11.6. The molecule has 0 spiro atoms. The first-order valence-corrected chi connectivity index (χ1v) is 11.6. The molecule has 1 N–H and O–H groups in total.